The minimum absolute atomic E-state index is 0.00135. The van der Waals surface area contributed by atoms with Crippen LogP contribution in [0.4, 0.5) is 0 Å². The minimum Gasteiger partial charge on any atom is -0.481 e. The summed E-state index contributed by atoms with van der Waals surface area (Å²) >= 11 is 0. The van der Waals surface area contributed by atoms with Crippen molar-refractivity contribution in [3.63, 3.8) is 0 Å². The van der Waals surface area contributed by atoms with Gasteiger partial charge >= 0.3 is 5.97 Å². The van der Waals surface area contributed by atoms with E-state index in [0.29, 0.717) is 19.6 Å². The molecule has 0 radical (unpaired) electrons. The Morgan fingerprint density at radius 1 is 1.40 bits per heavy atom. The first kappa shape index (κ1) is 12.4. The van der Waals surface area contributed by atoms with Crippen LogP contribution in [0.3, 0.4) is 0 Å². The van der Waals surface area contributed by atoms with E-state index in [9.17, 15) is 4.79 Å². The summed E-state index contributed by atoms with van der Waals surface area (Å²) in [6.45, 7) is 2.04. The Bertz CT molecular complexity index is 198. The van der Waals surface area contributed by atoms with E-state index < -0.39 is 5.97 Å². The molecule has 1 aliphatic rings. The Hall–Kier alpha value is -0.650. The monoisotopic (exact) mass is 217 g/mol. The lowest BCUT2D eigenvalue weighted by Crippen LogP contribution is -2.43. The van der Waals surface area contributed by atoms with E-state index in [2.05, 4.69) is 5.32 Å². The first-order chi connectivity index (χ1) is 7.24. The number of nitrogens with one attached hydrogen (secondary N) is 1. The lowest BCUT2D eigenvalue weighted by molar-refractivity contribution is -0.144. The van der Waals surface area contributed by atoms with Crippen molar-refractivity contribution in [2.75, 3.05) is 26.3 Å². The number of aliphatic carboxylic acids is 1. The second-order valence-corrected chi connectivity index (χ2v) is 3.85. The standard InChI is InChI=1S/C10H19NO4/c12-3-1-2-4-15-9-5-8(10(13)14)6-11-7-9/h8-9,11-12H,1-7H2,(H,13,14). The first-order valence-electron chi connectivity index (χ1n) is 5.40. The van der Waals surface area contributed by atoms with Crippen LogP contribution in [0.5, 0.6) is 0 Å². The molecule has 3 N–H and O–H groups in total. The van der Waals surface area contributed by atoms with Crippen molar-refractivity contribution in [2.24, 2.45) is 5.92 Å². The van der Waals surface area contributed by atoms with E-state index in [-0.39, 0.29) is 18.6 Å². The van der Waals surface area contributed by atoms with Crippen molar-refractivity contribution >= 4 is 5.97 Å². The van der Waals surface area contributed by atoms with E-state index in [1.165, 1.54) is 0 Å². The number of aliphatic hydroxyl groups is 1. The van der Waals surface area contributed by atoms with Gasteiger partial charge < -0.3 is 20.3 Å². The average Bonchev–Trinajstić information content (AvgIpc) is 2.25. The Kier molecular flexibility index (Phi) is 5.60. The molecule has 0 aromatic rings. The number of ether oxygens (including phenoxy) is 1. The molecule has 5 heteroatoms. The second-order valence-electron chi connectivity index (χ2n) is 3.85. The van der Waals surface area contributed by atoms with Crippen molar-refractivity contribution in [3.05, 3.63) is 0 Å². The van der Waals surface area contributed by atoms with E-state index in [4.69, 9.17) is 14.9 Å². The predicted octanol–water partition coefficient (Wildman–Crippen LogP) is -0.162. The molecule has 1 rings (SSSR count). The molecule has 0 aliphatic carbocycles. The minimum atomic E-state index is -0.758. The van der Waals surface area contributed by atoms with Crippen LogP contribution in [-0.2, 0) is 9.53 Å². The summed E-state index contributed by atoms with van der Waals surface area (Å²) in [4.78, 5) is 10.7. The average molecular weight is 217 g/mol. The fourth-order valence-corrected chi connectivity index (χ4v) is 1.68. The lowest BCUT2D eigenvalue weighted by Gasteiger charge is -2.27. The van der Waals surface area contributed by atoms with Gasteiger partial charge in [0.15, 0.2) is 0 Å². The van der Waals surface area contributed by atoms with Gasteiger partial charge in [0.25, 0.3) is 0 Å². The zero-order chi connectivity index (χ0) is 11.1. The highest BCUT2D eigenvalue weighted by atomic mass is 16.5. The van der Waals surface area contributed by atoms with Crippen LogP contribution in [0.1, 0.15) is 19.3 Å². The molecule has 0 spiro atoms. The maximum atomic E-state index is 10.7. The van der Waals surface area contributed by atoms with E-state index in [1.807, 2.05) is 0 Å². The van der Waals surface area contributed by atoms with Crippen LogP contribution >= 0.6 is 0 Å². The Balaban J connectivity index is 2.15. The molecule has 1 heterocycles. The molecule has 0 saturated carbocycles. The predicted molar refractivity (Wildman–Crippen MR) is 54.7 cm³/mol. The molecule has 1 saturated heterocycles. The fraction of sp³-hybridized carbons (Fsp3) is 0.900. The summed E-state index contributed by atoms with van der Waals surface area (Å²) in [6.07, 6.45) is 2.15. The summed E-state index contributed by atoms with van der Waals surface area (Å²) in [5.74, 6) is -1.09. The molecular formula is C10H19NO4. The van der Waals surface area contributed by atoms with Crippen LogP contribution in [0, 0.1) is 5.92 Å². The maximum Gasteiger partial charge on any atom is 0.307 e. The molecule has 5 nitrogen and oxygen atoms in total. The number of rotatable bonds is 6. The normalized spacial score (nSPS) is 26.5. The van der Waals surface area contributed by atoms with Crippen LogP contribution < -0.4 is 5.32 Å². The van der Waals surface area contributed by atoms with Gasteiger partial charge in [-0.1, -0.05) is 0 Å². The van der Waals surface area contributed by atoms with Gasteiger partial charge in [-0.15, -0.1) is 0 Å². The highest BCUT2D eigenvalue weighted by Gasteiger charge is 2.26. The molecule has 0 bridgehead atoms. The van der Waals surface area contributed by atoms with Gasteiger partial charge in [-0.25, -0.2) is 0 Å². The zero-order valence-corrected chi connectivity index (χ0v) is 8.82. The summed E-state index contributed by atoms with van der Waals surface area (Å²) in [7, 11) is 0. The summed E-state index contributed by atoms with van der Waals surface area (Å²) in [6, 6.07) is 0. The Morgan fingerprint density at radius 2 is 2.20 bits per heavy atom. The number of hydrogen-bond donors (Lipinski definition) is 3. The van der Waals surface area contributed by atoms with E-state index >= 15 is 0 Å². The molecule has 2 unspecified atom stereocenters. The number of aliphatic hydroxyl groups excluding tert-OH is 1. The van der Waals surface area contributed by atoms with Gasteiger partial charge in [-0.3, -0.25) is 4.79 Å². The highest BCUT2D eigenvalue weighted by Crippen LogP contribution is 2.14. The third-order valence-corrected chi connectivity index (χ3v) is 2.57. The van der Waals surface area contributed by atoms with Crippen LogP contribution in [0.25, 0.3) is 0 Å². The summed E-state index contributed by atoms with van der Waals surface area (Å²) < 4.78 is 5.53. The van der Waals surface area contributed by atoms with E-state index in [1.54, 1.807) is 0 Å². The van der Waals surface area contributed by atoms with Crippen molar-refractivity contribution in [3.8, 4) is 0 Å². The molecule has 2 atom stereocenters. The van der Waals surface area contributed by atoms with Gasteiger partial charge in [0.2, 0.25) is 0 Å². The summed E-state index contributed by atoms with van der Waals surface area (Å²) in [5, 5.41) is 20.5. The smallest absolute Gasteiger partial charge is 0.307 e. The molecule has 0 aromatic heterocycles. The van der Waals surface area contributed by atoms with Gasteiger partial charge in [0, 0.05) is 26.3 Å². The number of carboxylic acids is 1. The Morgan fingerprint density at radius 3 is 2.87 bits per heavy atom. The van der Waals surface area contributed by atoms with Gasteiger partial charge in [0.1, 0.15) is 0 Å². The van der Waals surface area contributed by atoms with Crippen LogP contribution in [-0.4, -0.2) is 48.6 Å². The van der Waals surface area contributed by atoms with E-state index in [0.717, 1.165) is 19.4 Å². The van der Waals surface area contributed by atoms with Crippen molar-refractivity contribution in [1.29, 1.82) is 0 Å². The van der Waals surface area contributed by atoms with Gasteiger partial charge in [0.05, 0.1) is 12.0 Å². The molecule has 0 amide bonds. The molecule has 0 aromatic carbocycles. The third-order valence-electron chi connectivity index (χ3n) is 2.57. The largest absolute Gasteiger partial charge is 0.481 e. The number of unbranched alkanes of at least 4 members (excludes halogenated alkanes) is 1. The number of carbonyl (C=O) groups is 1. The fourth-order valence-electron chi connectivity index (χ4n) is 1.68. The quantitative estimate of drug-likeness (QED) is 0.539. The van der Waals surface area contributed by atoms with Gasteiger partial charge in [-0.2, -0.15) is 0 Å². The van der Waals surface area contributed by atoms with Crippen LogP contribution in [0.15, 0.2) is 0 Å². The molecule has 88 valence electrons. The van der Waals surface area contributed by atoms with Crippen molar-refractivity contribution < 1.29 is 19.7 Å². The highest BCUT2D eigenvalue weighted by molar-refractivity contribution is 5.70. The Labute approximate surface area is 89.4 Å². The van der Waals surface area contributed by atoms with Gasteiger partial charge in [-0.05, 0) is 19.3 Å². The number of carboxylic acid groups (broad SMARTS) is 1. The molecular weight excluding hydrogens is 198 g/mol. The second kappa shape index (κ2) is 6.76. The zero-order valence-electron chi connectivity index (χ0n) is 8.82. The maximum absolute atomic E-state index is 10.7. The third kappa shape index (κ3) is 4.59. The molecule has 1 fully saturated rings. The SMILES string of the molecule is O=C(O)C1CNCC(OCCCCO)C1. The molecule has 1 aliphatic heterocycles. The number of piperidine rings is 1. The topological polar surface area (TPSA) is 78.8 Å². The van der Waals surface area contributed by atoms with Crippen LogP contribution in [0.2, 0.25) is 0 Å². The summed E-state index contributed by atoms with van der Waals surface area (Å²) in [5.41, 5.74) is 0. The molecule has 15 heavy (non-hydrogen) atoms. The first-order valence-corrected chi connectivity index (χ1v) is 5.40. The van der Waals surface area contributed by atoms with Crippen molar-refractivity contribution in [2.45, 2.75) is 25.4 Å². The number of hydrogen-bond acceptors (Lipinski definition) is 4. The van der Waals surface area contributed by atoms with Crippen molar-refractivity contribution in [1.82, 2.24) is 5.32 Å². The lowest BCUT2D eigenvalue weighted by atomic mass is 9.98.